The fraction of sp³-hybridized carbons (Fsp3) is 0.429. The normalized spacial score (nSPS) is 11.6. The number of hydrogen-bond acceptors (Lipinski definition) is 4. The summed E-state index contributed by atoms with van der Waals surface area (Å²) in [6.45, 7) is 2.05. The number of methoxy groups -OCH3 is 1. The molecule has 0 heterocycles. The Balaban J connectivity index is 2.52. The van der Waals surface area contributed by atoms with Crippen LogP contribution in [0.4, 0.5) is 16.2 Å². The van der Waals surface area contributed by atoms with Crippen LogP contribution in [0.15, 0.2) is 24.3 Å². The van der Waals surface area contributed by atoms with Crippen LogP contribution in [0.3, 0.4) is 0 Å². The molecule has 0 aliphatic carbocycles. The number of unbranched alkanes of at least 4 members (excludes halogenated alkanes) is 1. The Morgan fingerprint density at radius 1 is 1.20 bits per heavy atom. The highest BCUT2D eigenvalue weighted by atomic mass is 16.5. The van der Waals surface area contributed by atoms with E-state index in [1.54, 1.807) is 24.3 Å². The van der Waals surface area contributed by atoms with E-state index in [-0.39, 0.29) is 5.91 Å². The number of hydrogen-bond donors (Lipinski definition) is 3. The van der Waals surface area contributed by atoms with Crippen molar-refractivity contribution in [2.24, 2.45) is 5.73 Å². The second kappa shape index (κ2) is 8.16. The molecule has 1 unspecified atom stereocenters. The molecule has 0 radical (unpaired) electrons. The lowest BCUT2D eigenvalue weighted by Gasteiger charge is -2.12. The third-order valence-electron chi connectivity index (χ3n) is 2.79. The van der Waals surface area contributed by atoms with E-state index in [4.69, 9.17) is 5.73 Å². The number of nitrogens with one attached hydrogen (secondary N) is 2. The highest BCUT2D eigenvalue weighted by molar-refractivity contribution is 5.95. The zero-order chi connectivity index (χ0) is 15.0. The van der Waals surface area contributed by atoms with E-state index < -0.39 is 12.1 Å². The molecule has 1 rings (SSSR count). The van der Waals surface area contributed by atoms with Gasteiger partial charge in [0.2, 0.25) is 5.91 Å². The van der Waals surface area contributed by atoms with Gasteiger partial charge in [0.05, 0.1) is 13.2 Å². The monoisotopic (exact) mass is 279 g/mol. The number of amides is 2. The summed E-state index contributed by atoms with van der Waals surface area (Å²) < 4.78 is 4.48. The average Bonchev–Trinajstić information content (AvgIpc) is 2.46. The zero-order valence-electron chi connectivity index (χ0n) is 11.8. The standard InChI is InChI=1S/C14H21N3O3/c1-3-4-5-12(15)13(18)16-10-6-8-11(9-7-10)17-14(19)20-2/h6-9,12H,3-5,15H2,1-2H3,(H,16,18)(H,17,19). The summed E-state index contributed by atoms with van der Waals surface area (Å²) in [5, 5.41) is 5.26. The van der Waals surface area contributed by atoms with Crippen molar-refractivity contribution in [1.82, 2.24) is 0 Å². The Labute approximate surface area is 118 Å². The summed E-state index contributed by atoms with van der Waals surface area (Å²) in [5.41, 5.74) is 7.00. The zero-order valence-corrected chi connectivity index (χ0v) is 11.8. The van der Waals surface area contributed by atoms with Gasteiger partial charge in [-0.2, -0.15) is 0 Å². The summed E-state index contributed by atoms with van der Waals surface area (Å²) in [5.74, 6) is -0.202. The van der Waals surface area contributed by atoms with Crippen LogP contribution in [0, 0.1) is 0 Å². The molecule has 0 spiro atoms. The molecular formula is C14H21N3O3. The first-order valence-corrected chi connectivity index (χ1v) is 6.58. The molecule has 0 aromatic heterocycles. The molecule has 4 N–H and O–H groups in total. The first-order valence-electron chi connectivity index (χ1n) is 6.58. The van der Waals surface area contributed by atoms with E-state index in [0.29, 0.717) is 17.8 Å². The topological polar surface area (TPSA) is 93.5 Å². The molecule has 6 nitrogen and oxygen atoms in total. The Morgan fingerprint density at radius 3 is 2.25 bits per heavy atom. The summed E-state index contributed by atoms with van der Waals surface area (Å²) in [6.07, 6.45) is 2.07. The number of nitrogens with two attached hydrogens (primary N) is 1. The minimum atomic E-state index is -0.539. The Bertz CT molecular complexity index is 445. The minimum Gasteiger partial charge on any atom is -0.453 e. The molecule has 1 aromatic carbocycles. The number of benzene rings is 1. The Hall–Kier alpha value is -2.08. The van der Waals surface area contributed by atoms with Crippen molar-refractivity contribution in [2.45, 2.75) is 32.2 Å². The van der Waals surface area contributed by atoms with Crippen LogP contribution >= 0.6 is 0 Å². The van der Waals surface area contributed by atoms with E-state index in [1.165, 1.54) is 7.11 Å². The fourth-order valence-electron chi connectivity index (χ4n) is 1.60. The molecule has 6 heteroatoms. The van der Waals surface area contributed by atoms with Crippen molar-refractivity contribution in [3.8, 4) is 0 Å². The van der Waals surface area contributed by atoms with Crippen LogP contribution in [-0.4, -0.2) is 25.2 Å². The third-order valence-corrected chi connectivity index (χ3v) is 2.79. The SMILES string of the molecule is CCCCC(N)C(=O)Nc1ccc(NC(=O)OC)cc1. The summed E-state index contributed by atoms with van der Waals surface area (Å²) in [7, 11) is 1.29. The lowest BCUT2D eigenvalue weighted by molar-refractivity contribution is -0.117. The van der Waals surface area contributed by atoms with Crippen molar-refractivity contribution in [3.05, 3.63) is 24.3 Å². The quantitative estimate of drug-likeness (QED) is 0.745. The Kier molecular flexibility index (Phi) is 6.52. The average molecular weight is 279 g/mol. The minimum absolute atomic E-state index is 0.202. The molecule has 0 aliphatic heterocycles. The van der Waals surface area contributed by atoms with Gasteiger partial charge in [0, 0.05) is 11.4 Å². The van der Waals surface area contributed by atoms with Crippen LogP contribution < -0.4 is 16.4 Å². The lowest BCUT2D eigenvalue weighted by Crippen LogP contribution is -2.35. The van der Waals surface area contributed by atoms with Gasteiger partial charge in [-0.1, -0.05) is 19.8 Å². The first-order chi connectivity index (χ1) is 9.56. The van der Waals surface area contributed by atoms with E-state index >= 15 is 0 Å². The largest absolute Gasteiger partial charge is 0.453 e. The second-order valence-corrected chi connectivity index (χ2v) is 4.43. The van der Waals surface area contributed by atoms with Gasteiger partial charge in [0.1, 0.15) is 0 Å². The lowest BCUT2D eigenvalue weighted by atomic mass is 10.1. The molecule has 0 fully saturated rings. The maximum absolute atomic E-state index is 11.8. The maximum atomic E-state index is 11.8. The molecular weight excluding hydrogens is 258 g/mol. The van der Waals surface area contributed by atoms with Crippen molar-refractivity contribution in [2.75, 3.05) is 17.7 Å². The van der Waals surface area contributed by atoms with Gasteiger partial charge in [0.25, 0.3) is 0 Å². The van der Waals surface area contributed by atoms with Crippen LogP contribution in [0.1, 0.15) is 26.2 Å². The highest BCUT2D eigenvalue weighted by Crippen LogP contribution is 2.14. The van der Waals surface area contributed by atoms with Gasteiger partial charge in [0.15, 0.2) is 0 Å². The Morgan fingerprint density at radius 2 is 1.75 bits per heavy atom. The van der Waals surface area contributed by atoms with Crippen LogP contribution in [0.2, 0.25) is 0 Å². The van der Waals surface area contributed by atoms with Crippen LogP contribution in [-0.2, 0) is 9.53 Å². The van der Waals surface area contributed by atoms with Crippen LogP contribution in [0.25, 0.3) is 0 Å². The molecule has 2 amide bonds. The number of rotatable bonds is 6. The van der Waals surface area contributed by atoms with Gasteiger partial charge in [-0.15, -0.1) is 0 Å². The number of anilines is 2. The first kappa shape index (κ1) is 16.0. The third kappa shape index (κ3) is 5.27. The van der Waals surface area contributed by atoms with Gasteiger partial charge in [-0.05, 0) is 30.7 Å². The fourth-order valence-corrected chi connectivity index (χ4v) is 1.60. The van der Waals surface area contributed by atoms with E-state index in [2.05, 4.69) is 22.3 Å². The maximum Gasteiger partial charge on any atom is 0.411 e. The van der Waals surface area contributed by atoms with Gasteiger partial charge in [-0.25, -0.2) is 4.79 Å². The van der Waals surface area contributed by atoms with Gasteiger partial charge in [-0.3, -0.25) is 10.1 Å². The predicted molar refractivity (Wildman–Crippen MR) is 78.6 cm³/mol. The second-order valence-electron chi connectivity index (χ2n) is 4.43. The smallest absolute Gasteiger partial charge is 0.411 e. The van der Waals surface area contributed by atoms with E-state index in [0.717, 1.165) is 12.8 Å². The highest BCUT2D eigenvalue weighted by Gasteiger charge is 2.12. The van der Waals surface area contributed by atoms with Crippen molar-refractivity contribution < 1.29 is 14.3 Å². The summed E-state index contributed by atoms with van der Waals surface area (Å²) in [6, 6.07) is 6.22. The molecule has 20 heavy (non-hydrogen) atoms. The molecule has 0 aliphatic rings. The van der Waals surface area contributed by atoms with Gasteiger partial charge < -0.3 is 15.8 Å². The summed E-state index contributed by atoms with van der Waals surface area (Å²) in [4.78, 5) is 22.8. The summed E-state index contributed by atoms with van der Waals surface area (Å²) >= 11 is 0. The molecule has 1 atom stereocenters. The molecule has 1 aromatic rings. The molecule has 0 saturated carbocycles. The number of carbonyl (C=O) groups is 2. The van der Waals surface area contributed by atoms with Gasteiger partial charge >= 0.3 is 6.09 Å². The predicted octanol–water partition coefficient (Wildman–Crippen LogP) is 2.32. The van der Waals surface area contributed by atoms with Crippen molar-refractivity contribution in [1.29, 1.82) is 0 Å². The van der Waals surface area contributed by atoms with E-state index in [1.807, 2.05) is 0 Å². The van der Waals surface area contributed by atoms with E-state index in [9.17, 15) is 9.59 Å². The van der Waals surface area contributed by atoms with Crippen molar-refractivity contribution in [3.63, 3.8) is 0 Å². The molecule has 0 bridgehead atoms. The molecule has 0 saturated heterocycles. The van der Waals surface area contributed by atoms with Crippen LogP contribution in [0.5, 0.6) is 0 Å². The number of carbonyl (C=O) groups excluding carboxylic acids is 2. The molecule has 110 valence electrons. The van der Waals surface area contributed by atoms with Crippen molar-refractivity contribution >= 4 is 23.4 Å². The number of ether oxygens (including phenoxy) is 1.